The van der Waals surface area contributed by atoms with E-state index in [2.05, 4.69) is 17.6 Å². The molecule has 2 aliphatic rings. The smallest absolute Gasteiger partial charge is 0.337 e. The Balaban J connectivity index is 1.74. The van der Waals surface area contributed by atoms with Crippen LogP contribution < -0.4 is 16.1 Å². The second kappa shape index (κ2) is 10.8. The van der Waals surface area contributed by atoms with Crippen molar-refractivity contribution in [3.05, 3.63) is 70.4 Å². The predicted octanol–water partition coefficient (Wildman–Crippen LogP) is 6.22. The van der Waals surface area contributed by atoms with Gasteiger partial charge in [0, 0.05) is 34.7 Å². The third kappa shape index (κ3) is 5.49. The Bertz CT molecular complexity index is 1460. The molecule has 0 fully saturated rings. The van der Waals surface area contributed by atoms with Gasteiger partial charge in [-0.3, -0.25) is 4.79 Å². The minimum atomic E-state index is -1.10. The van der Waals surface area contributed by atoms with Crippen LogP contribution >= 0.6 is 12.2 Å². The minimum absolute atomic E-state index is 0.0190. The average molecular weight is 505 g/mol. The van der Waals surface area contributed by atoms with Crippen LogP contribution in [-0.2, 0) is 0 Å². The quantitative estimate of drug-likeness (QED) is 0.127. The van der Waals surface area contributed by atoms with E-state index >= 15 is 0 Å². The van der Waals surface area contributed by atoms with E-state index in [1.165, 1.54) is 24.3 Å². The number of anilines is 1. The third-order valence-electron chi connectivity index (χ3n) is 6.08. The first-order valence-electron chi connectivity index (χ1n) is 11.9. The SMILES string of the molecule is CCCCC[C@H](C)NC(=S)Nc1ccc(-c2c3ccc(=O)cc-3oc3cc(O)ccc23)cc1C(=O)O. The fraction of sp³-hybridized carbons (Fsp3) is 0.250. The number of benzene rings is 3. The van der Waals surface area contributed by atoms with E-state index in [1.54, 1.807) is 30.3 Å². The zero-order chi connectivity index (χ0) is 25.8. The largest absolute Gasteiger partial charge is 0.508 e. The van der Waals surface area contributed by atoms with Crippen molar-refractivity contribution in [2.45, 2.75) is 45.6 Å². The van der Waals surface area contributed by atoms with Gasteiger partial charge in [0.15, 0.2) is 10.5 Å². The molecule has 4 N–H and O–H groups in total. The number of fused-ring (bicyclic) bond motifs is 2. The molecule has 0 amide bonds. The summed E-state index contributed by atoms with van der Waals surface area (Å²) in [6.07, 6.45) is 4.37. The van der Waals surface area contributed by atoms with Crippen LogP contribution in [0.25, 0.3) is 33.4 Å². The molecule has 1 aliphatic heterocycles. The summed E-state index contributed by atoms with van der Waals surface area (Å²) in [4.78, 5) is 24.2. The second-order valence-corrected chi connectivity index (χ2v) is 9.28. The molecule has 8 heteroatoms. The molecule has 0 spiro atoms. The van der Waals surface area contributed by atoms with Crippen LogP contribution in [0.1, 0.15) is 49.9 Å². The number of nitrogens with one attached hydrogen (secondary N) is 2. The number of carboxylic acids is 1. The Hall–Kier alpha value is -3.91. The molecular weight excluding hydrogens is 476 g/mol. The van der Waals surface area contributed by atoms with Gasteiger partial charge < -0.3 is 25.3 Å². The highest BCUT2D eigenvalue weighted by molar-refractivity contribution is 7.80. The maximum absolute atomic E-state index is 12.2. The zero-order valence-corrected chi connectivity index (χ0v) is 20.9. The van der Waals surface area contributed by atoms with Crippen molar-refractivity contribution in [2.24, 2.45) is 0 Å². The fourth-order valence-electron chi connectivity index (χ4n) is 4.31. The lowest BCUT2D eigenvalue weighted by Gasteiger charge is -2.19. The van der Waals surface area contributed by atoms with Crippen LogP contribution in [0.2, 0.25) is 0 Å². The van der Waals surface area contributed by atoms with E-state index in [0.29, 0.717) is 44.2 Å². The highest BCUT2D eigenvalue weighted by atomic mass is 32.1. The number of aromatic hydroxyl groups is 1. The van der Waals surface area contributed by atoms with Gasteiger partial charge in [-0.05, 0) is 67.5 Å². The molecule has 1 aliphatic carbocycles. The summed E-state index contributed by atoms with van der Waals surface area (Å²) in [7, 11) is 0. The Labute approximate surface area is 214 Å². The summed E-state index contributed by atoms with van der Waals surface area (Å²) in [5, 5.41) is 27.2. The number of thiocarbonyl (C=S) groups is 1. The molecule has 0 radical (unpaired) electrons. The van der Waals surface area contributed by atoms with E-state index in [4.69, 9.17) is 16.6 Å². The van der Waals surface area contributed by atoms with Gasteiger partial charge in [-0.2, -0.15) is 0 Å². The van der Waals surface area contributed by atoms with E-state index in [0.717, 1.165) is 25.7 Å². The molecule has 1 atom stereocenters. The van der Waals surface area contributed by atoms with Crippen LogP contribution in [0.4, 0.5) is 5.69 Å². The van der Waals surface area contributed by atoms with Crippen molar-refractivity contribution in [3.8, 4) is 28.2 Å². The topological polar surface area (TPSA) is 112 Å². The number of carbonyl (C=O) groups is 1. The molecule has 0 bridgehead atoms. The van der Waals surface area contributed by atoms with Crippen LogP contribution in [0.3, 0.4) is 0 Å². The van der Waals surface area contributed by atoms with Gasteiger partial charge in [0.25, 0.3) is 0 Å². The summed E-state index contributed by atoms with van der Waals surface area (Å²) in [6, 6.07) is 14.4. The number of hydrogen-bond donors (Lipinski definition) is 4. The van der Waals surface area contributed by atoms with Crippen molar-refractivity contribution < 1.29 is 19.4 Å². The molecule has 36 heavy (non-hydrogen) atoms. The standard InChI is InChI=1S/C28H28N2O5S/c1-3-4-5-6-16(2)29-28(36)30-23-12-7-17(13-22(23)27(33)34)26-20-10-8-18(31)14-24(20)35-25-15-19(32)9-11-21(25)26/h7-16,31H,3-6H2,1-2H3,(H,33,34)(H2,29,30,36)/t16-/m0/s1. The predicted molar refractivity (Wildman–Crippen MR) is 146 cm³/mol. The first-order valence-corrected chi connectivity index (χ1v) is 12.3. The molecule has 4 rings (SSSR count). The molecule has 0 saturated carbocycles. The van der Waals surface area contributed by atoms with Crippen molar-refractivity contribution in [1.82, 2.24) is 5.32 Å². The minimum Gasteiger partial charge on any atom is -0.508 e. The highest BCUT2D eigenvalue weighted by Gasteiger charge is 2.20. The van der Waals surface area contributed by atoms with Crippen LogP contribution in [0.15, 0.2) is 63.8 Å². The fourth-order valence-corrected chi connectivity index (χ4v) is 4.62. The summed E-state index contributed by atoms with van der Waals surface area (Å²) in [6.45, 7) is 4.20. The molecule has 0 unspecified atom stereocenters. The normalized spacial score (nSPS) is 11.9. The molecule has 2 aromatic rings. The zero-order valence-electron chi connectivity index (χ0n) is 20.1. The maximum Gasteiger partial charge on any atom is 0.337 e. The summed E-state index contributed by atoms with van der Waals surface area (Å²) in [5.74, 6) is -0.741. The number of carboxylic acid groups (broad SMARTS) is 1. The lowest BCUT2D eigenvalue weighted by molar-refractivity contribution is 0.0698. The summed E-state index contributed by atoms with van der Waals surface area (Å²) >= 11 is 5.43. The average Bonchev–Trinajstić information content (AvgIpc) is 2.82. The van der Waals surface area contributed by atoms with Crippen LogP contribution in [0.5, 0.6) is 5.75 Å². The lowest BCUT2D eigenvalue weighted by Crippen LogP contribution is -2.36. The van der Waals surface area contributed by atoms with Gasteiger partial charge in [-0.25, -0.2) is 4.79 Å². The number of phenols is 1. The molecule has 0 aromatic heterocycles. The van der Waals surface area contributed by atoms with E-state index in [1.807, 2.05) is 6.92 Å². The lowest BCUT2D eigenvalue weighted by atomic mass is 9.92. The monoisotopic (exact) mass is 504 g/mol. The Morgan fingerprint density at radius 3 is 2.64 bits per heavy atom. The second-order valence-electron chi connectivity index (χ2n) is 8.88. The third-order valence-corrected chi connectivity index (χ3v) is 6.30. The van der Waals surface area contributed by atoms with Gasteiger partial charge in [-0.15, -0.1) is 0 Å². The van der Waals surface area contributed by atoms with Gasteiger partial charge in [0.05, 0.1) is 11.3 Å². The number of hydrogen-bond acceptors (Lipinski definition) is 5. The number of aromatic carboxylic acids is 1. The van der Waals surface area contributed by atoms with Gasteiger partial charge >= 0.3 is 5.97 Å². The highest BCUT2D eigenvalue weighted by Crippen LogP contribution is 2.41. The van der Waals surface area contributed by atoms with Crippen LogP contribution in [0, 0.1) is 0 Å². The number of unbranched alkanes of at least 4 members (excludes halogenated alkanes) is 2. The Kier molecular flexibility index (Phi) is 7.55. The van der Waals surface area contributed by atoms with Crippen molar-refractivity contribution in [1.29, 1.82) is 0 Å². The summed E-state index contributed by atoms with van der Waals surface area (Å²) < 4.78 is 5.88. The molecule has 186 valence electrons. The first-order chi connectivity index (χ1) is 17.3. The van der Waals surface area contributed by atoms with Crippen molar-refractivity contribution in [2.75, 3.05) is 5.32 Å². The maximum atomic E-state index is 12.2. The molecule has 7 nitrogen and oxygen atoms in total. The van der Waals surface area contributed by atoms with E-state index in [9.17, 15) is 19.8 Å². The Morgan fingerprint density at radius 1 is 1.08 bits per heavy atom. The van der Waals surface area contributed by atoms with Crippen LogP contribution in [-0.4, -0.2) is 27.3 Å². The van der Waals surface area contributed by atoms with Gasteiger partial charge in [0.1, 0.15) is 17.1 Å². The first kappa shape index (κ1) is 25.2. The molecule has 0 saturated heterocycles. The van der Waals surface area contributed by atoms with E-state index in [-0.39, 0.29) is 22.8 Å². The molecular formula is C28H28N2O5S. The van der Waals surface area contributed by atoms with E-state index < -0.39 is 5.97 Å². The molecule has 2 aromatic carbocycles. The van der Waals surface area contributed by atoms with Crippen molar-refractivity contribution >= 4 is 40.0 Å². The Morgan fingerprint density at radius 2 is 1.89 bits per heavy atom. The van der Waals surface area contributed by atoms with Gasteiger partial charge in [-0.1, -0.05) is 32.3 Å². The molecule has 1 heterocycles. The summed E-state index contributed by atoms with van der Waals surface area (Å²) in [5.41, 5.74) is 2.57. The number of phenolic OH excluding ortho intramolecular Hbond substituents is 1. The van der Waals surface area contributed by atoms with Gasteiger partial charge in [0.2, 0.25) is 0 Å². The number of rotatable bonds is 8. The van der Waals surface area contributed by atoms with Crippen molar-refractivity contribution in [3.63, 3.8) is 0 Å².